The number of para-hydroxylation sites is 2. The summed E-state index contributed by atoms with van der Waals surface area (Å²) in [6.07, 6.45) is 1.17. The van der Waals surface area contributed by atoms with Crippen molar-refractivity contribution in [2.75, 3.05) is 23.7 Å². The molecule has 4 heterocycles. The van der Waals surface area contributed by atoms with Gasteiger partial charge in [-0.25, -0.2) is 9.78 Å². The SMILES string of the molecule is C[C@@H]1C[C@H](C)CN(c2nc3c(c(=O)[nH]c(=O)n3C)n2CCSc2nc3ccccc3o2)C1. The maximum atomic E-state index is 12.8. The van der Waals surface area contributed by atoms with Crippen LogP contribution in [-0.2, 0) is 13.6 Å². The minimum absolute atomic E-state index is 0.409. The molecule has 0 amide bonds. The molecule has 9 nitrogen and oxygen atoms in total. The molecule has 32 heavy (non-hydrogen) atoms. The van der Waals surface area contributed by atoms with Crippen molar-refractivity contribution in [2.45, 2.75) is 32.0 Å². The van der Waals surface area contributed by atoms with Crippen molar-refractivity contribution in [2.24, 2.45) is 18.9 Å². The van der Waals surface area contributed by atoms with Crippen LogP contribution in [0.15, 0.2) is 43.5 Å². The molecule has 3 aromatic heterocycles. The molecule has 4 aromatic rings. The van der Waals surface area contributed by atoms with Gasteiger partial charge in [0.05, 0.1) is 0 Å². The number of oxazole rings is 1. The Balaban J connectivity index is 1.50. The number of benzene rings is 1. The molecular weight excluding hydrogens is 428 g/mol. The van der Waals surface area contributed by atoms with E-state index < -0.39 is 11.2 Å². The van der Waals surface area contributed by atoms with E-state index in [0.717, 1.165) is 30.1 Å². The second-order valence-electron chi connectivity index (χ2n) is 8.70. The maximum absolute atomic E-state index is 12.8. The van der Waals surface area contributed by atoms with E-state index in [0.29, 0.717) is 40.5 Å². The molecule has 0 bridgehead atoms. The zero-order valence-electron chi connectivity index (χ0n) is 18.4. The minimum Gasteiger partial charge on any atom is -0.431 e. The summed E-state index contributed by atoms with van der Waals surface area (Å²) in [5, 5.41) is 0.596. The Morgan fingerprint density at radius 3 is 2.66 bits per heavy atom. The second kappa shape index (κ2) is 8.16. The maximum Gasteiger partial charge on any atom is 0.329 e. The van der Waals surface area contributed by atoms with E-state index in [1.807, 2.05) is 28.8 Å². The van der Waals surface area contributed by atoms with Gasteiger partial charge < -0.3 is 13.9 Å². The molecule has 10 heteroatoms. The van der Waals surface area contributed by atoms with Gasteiger partial charge in [0.1, 0.15) is 5.52 Å². The van der Waals surface area contributed by atoms with Crippen LogP contribution in [-0.4, -0.2) is 42.9 Å². The molecule has 0 radical (unpaired) electrons. The van der Waals surface area contributed by atoms with Crippen molar-refractivity contribution in [3.63, 3.8) is 0 Å². The molecule has 1 aliphatic rings. The Morgan fingerprint density at radius 1 is 1.16 bits per heavy atom. The normalized spacial score (nSPS) is 19.3. The molecule has 0 saturated carbocycles. The van der Waals surface area contributed by atoms with E-state index in [9.17, 15) is 9.59 Å². The van der Waals surface area contributed by atoms with Gasteiger partial charge in [-0.3, -0.25) is 14.3 Å². The summed E-state index contributed by atoms with van der Waals surface area (Å²) in [6.45, 7) is 6.76. The summed E-state index contributed by atoms with van der Waals surface area (Å²) in [7, 11) is 1.64. The molecule has 0 unspecified atom stereocenters. The second-order valence-corrected chi connectivity index (χ2v) is 9.75. The number of rotatable bonds is 5. The van der Waals surface area contributed by atoms with Gasteiger partial charge >= 0.3 is 5.69 Å². The van der Waals surface area contributed by atoms with Gasteiger partial charge in [0.25, 0.3) is 10.8 Å². The van der Waals surface area contributed by atoms with Gasteiger partial charge in [-0.2, -0.15) is 4.98 Å². The predicted octanol–water partition coefficient (Wildman–Crippen LogP) is 2.84. The van der Waals surface area contributed by atoms with Gasteiger partial charge in [-0.1, -0.05) is 37.7 Å². The van der Waals surface area contributed by atoms with Gasteiger partial charge in [-0.05, 0) is 30.4 Å². The first kappa shape index (κ1) is 20.9. The Morgan fingerprint density at radius 2 is 1.91 bits per heavy atom. The lowest BCUT2D eigenvalue weighted by atomic mass is 9.92. The number of nitrogens with one attached hydrogen (secondary N) is 1. The molecule has 0 spiro atoms. The highest BCUT2D eigenvalue weighted by Crippen LogP contribution is 2.29. The summed E-state index contributed by atoms with van der Waals surface area (Å²) in [6, 6.07) is 7.67. The molecule has 2 atom stereocenters. The molecule has 1 aliphatic heterocycles. The van der Waals surface area contributed by atoms with Crippen LogP contribution in [0.3, 0.4) is 0 Å². The van der Waals surface area contributed by atoms with Gasteiger partial charge in [-0.15, -0.1) is 0 Å². The van der Waals surface area contributed by atoms with Crippen molar-refractivity contribution in [1.82, 2.24) is 24.1 Å². The van der Waals surface area contributed by atoms with E-state index in [2.05, 4.69) is 28.7 Å². The summed E-state index contributed by atoms with van der Waals surface area (Å²) in [4.78, 5) is 38.9. The lowest BCUT2D eigenvalue weighted by molar-refractivity contribution is 0.352. The average molecular weight is 455 g/mol. The highest BCUT2D eigenvalue weighted by molar-refractivity contribution is 7.99. The molecule has 1 aromatic carbocycles. The number of anilines is 1. The first-order valence-electron chi connectivity index (χ1n) is 10.8. The van der Waals surface area contributed by atoms with E-state index >= 15 is 0 Å². The highest BCUT2D eigenvalue weighted by atomic mass is 32.2. The summed E-state index contributed by atoms with van der Waals surface area (Å²) < 4.78 is 9.15. The summed E-state index contributed by atoms with van der Waals surface area (Å²) in [5.74, 6) is 2.45. The van der Waals surface area contributed by atoms with E-state index in [4.69, 9.17) is 9.40 Å². The van der Waals surface area contributed by atoms with Crippen molar-refractivity contribution < 1.29 is 4.42 Å². The van der Waals surface area contributed by atoms with Crippen LogP contribution in [0.2, 0.25) is 0 Å². The van der Waals surface area contributed by atoms with Crippen LogP contribution >= 0.6 is 11.8 Å². The molecule has 1 N–H and O–H groups in total. The molecular formula is C22H26N6O3S. The van der Waals surface area contributed by atoms with E-state index in [1.54, 1.807) is 7.05 Å². The largest absolute Gasteiger partial charge is 0.431 e. The number of hydrogen-bond donors (Lipinski definition) is 1. The molecule has 5 rings (SSSR count). The number of thioether (sulfide) groups is 1. The average Bonchev–Trinajstić information content (AvgIpc) is 3.33. The van der Waals surface area contributed by atoms with Crippen molar-refractivity contribution in [3.8, 4) is 0 Å². The molecule has 168 valence electrons. The van der Waals surface area contributed by atoms with Crippen LogP contribution in [0, 0.1) is 11.8 Å². The number of H-pyrrole nitrogens is 1. The number of nitrogens with zero attached hydrogens (tertiary/aromatic N) is 5. The van der Waals surface area contributed by atoms with Crippen molar-refractivity contribution >= 4 is 40.0 Å². The fourth-order valence-corrected chi connectivity index (χ4v) is 5.40. The van der Waals surface area contributed by atoms with Crippen LogP contribution < -0.4 is 16.1 Å². The van der Waals surface area contributed by atoms with Gasteiger partial charge in [0, 0.05) is 32.4 Å². The number of aromatic nitrogens is 5. The highest BCUT2D eigenvalue weighted by Gasteiger charge is 2.27. The van der Waals surface area contributed by atoms with Crippen LogP contribution in [0.5, 0.6) is 0 Å². The summed E-state index contributed by atoms with van der Waals surface area (Å²) in [5.41, 5.74) is 1.54. The first-order chi connectivity index (χ1) is 15.4. The Bertz CT molecular complexity index is 1360. The standard InChI is InChI=1S/C22H26N6O3S/c1-13-10-14(2)12-27(11-13)20-24-18-17(19(29)25-21(30)26(18)3)28(20)8-9-32-22-23-15-6-4-5-7-16(15)31-22/h4-7,13-14H,8-12H2,1-3H3,(H,25,29,30)/t13-,14+. The lowest BCUT2D eigenvalue weighted by Crippen LogP contribution is -2.40. The van der Waals surface area contributed by atoms with E-state index in [-0.39, 0.29) is 0 Å². The number of aromatic amines is 1. The molecule has 1 fully saturated rings. The van der Waals surface area contributed by atoms with Gasteiger partial charge in [0.15, 0.2) is 16.7 Å². The Kier molecular flexibility index (Phi) is 5.32. The number of imidazole rings is 1. The number of hydrogen-bond acceptors (Lipinski definition) is 7. The fraction of sp³-hybridized carbons (Fsp3) is 0.455. The zero-order valence-corrected chi connectivity index (χ0v) is 19.2. The van der Waals surface area contributed by atoms with Crippen LogP contribution in [0.1, 0.15) is 20.3 Å². The first-order valence-corrected chi connectivity index (χ1v) is 11.8. The fourth-order valence-electron chi connectivity index (χ4n) is 4.64. The number of fused-ring (bicyclic) bond motifs is 2. The quantitative estimate of drug-likeness (QED) is 0.463. The molecule has 1 saturated heterocycles. The van der Waals surface area contributed by atoms with E-state index in [1.165, 1.54) is 22.7 Å². The Hall–Kier alpha value is -3.01. The third-order valence-corrected chi connectivity index (χ3v) is 6.76. The number of aryl methyl sites for hydroxylation is 2. The Labute approximate surface area is 188 Å². The lowest BCUT2D eigenvalue weighted by Gasteiger charge is -2.35. The van der Waals surface area contributed by atoms with Crippen molar-refractivity contribution in [3.05, 3.63) is 45.1 Å². The van der Waals surface area contributed by atoms with Crippen LogP contribution in [0.4, 0.5) is 5.95 Å². The minimum atomic E-state index is -0.458. The number of piperidine rings is 1. The zero-order chi connectivity index (χ0) is 22.4. The smallest absolute Gasteiger partial charge is 0.329 e. The third-order valence-electron chi connectivity index (χ3n) is 5.95. The van der Waals surface area contributed by atoms with Gasteiger partial charge in [0.2, 0.25) is 5.95 Å². The summed E-state index contributed by atoms with van der Waals surface area (Å²) >= 11 is 1.50. The monoisotopic (exact) mass is 454 g/mol. The predicted molar refractivity (Wildman–Crippen MR) is 125 cm³/mol. The van der Waals surface area contributed by atoms with Crippen LogP contribution in [0.25, 0.3) is 22.3 Å². The third kappa shape index (κ3) is 3.72. The molecule has 0 aliphatic carbocycles. The topological polar surface area (TPSA) is 102 Å². The van der Waals surface area contributed by atoms with Crippen molar-refractivity contribution in [1.29, 1.82) is 0 Å².